The minimum absolute atomic E-state index is 0.131. The maximum Gasteiger partial charge on any atom is 0.269 e. The number of primary amides is 1. The van der Waals surface area contributed by atoms with Crippen LogP contribution in [0.1, 0.15) is 17.4 Å². The van der Waals surface area contributed by atoms with Gasteiger partial charge in [0.1, 0.15) is 17.7 Å². The fourth-order valence-corrected chi connectivity index (χ4v) is 1.38. The summed E-state index contributed by atoms with van der Waals surface area (Å²) in [6.45, 7) is 2.26. The van der Waals surface area contributed by atoms with E-state index in [1.165, 1.54) is 23.3 Å². The molecular weight excluding hydrogens is 236 g/mol. The zero-order valence-corrected chi connectivity index (χ0v) is 9.70. The second-order valence-corrected chi connectivity index (χ2v) is 3.36. The lowest BCUT2D eigenvalue weighted by Gasteiger charge is -2.08. The van der Waals surface area contributed by atoms with E-state index in [1.807, 2.05) is 6.92 Å². The topological polar surface area (TPSA) is 122 Å². The first kappa shape index (κ1) is 11.8. The third-order valence-electron chi connectivity index (χ3n) is 2.17. The monoisotopic (exact) mass is 248 g/mol. The fraction of sp³-hybridized carbons (Fsp3) is 0.200. The molecule has 0 aliphatic rings. The van der Waals surface area contributed by atoms with Gasteiger partial charge < -0.3 is 16.2 Å². The molecule has 8 nitrogen and oxygen atoms in total. The molecule has 0 bridgehead atoms. The van der Waals surface area contributed by atoms with Gasteiger partial charge in [-0.2, -0.15) is 10.1 Å². The van der Waals surface area contributed by atoms with E-state index in [0.29, 0.717) is 12.4 Å². The predicted octanol–water partition coefficient (Wildman–Crippen LogP) is -0.258. The van der Waals surface area contributed by atoms with Crippen molar-refractivity contribution in [1.29, 1.82) is 0 Å². The summed E-state index contributed by atoms with van der Waals surface area (Å²) < 4.78 is 6.59. The highest BCUT2D eigenvalue weighted by Crippen LogP contribution is 2.22. The van der Waals surface area contributed by atoms with Crippen LogP contribution in [0.3, 0.4) is 0 Å². The van der Waals surface area contributed by atoms with Gasteiger partial charge in [-0.15, -0.1) is 0 Å². The molecule has 0 aliphatic carbocycles. The van der Waals surface area contributed by atoms with Crippen molar-refractivity contribution in [3.8, 4) is 11.7 Å². The van der Waals surface area contributed by atoms with Crippen molar-refractivity contribution in [2.24, 2.45) is 5.73 Å². The van der Waals surface area contributed by atoms with Gasteiger partial charge in [-0.3, -0.25) is 4.79 Å². The Balaban J connectivity index is 2.43. The molecule has 2 rings (SSSR count). The number of carbonyl (C=O) groups is 1. The number of aromatic nitrogens is 4. The van der Waals surface area contributed by atoms with Crippen LogP contribution in [0.5, 0.6) is 5.88 Å². The first-order chi connectivity index (χ1) is 8.63. The number of nitrogens with zero attached hydrogens (tertiary/aromatic N) is 4. The summed E-state index contributed by atoms with van der Waals surface area (Å²) in [4.78, 5) is 18.9. The van der Waals surface area contributed by atoms with Gasteiger partial charge in [0, 0.05) is 6.20 Å². The molecule has 0 radical (unpaired) electrons. The van der Waals surface area contributed by atoms with E-state index in [2.05, 4.69) is 15.1 Å². The van der Waals surface area contributed by atoms with Crippen LogP contribution in [0.25, 0.3) is 5.82 Å². The Morgan fingerprint density at radius 3 is 2.89 bits per heavy atom. The summed E-state index contributed by atoms with van der Waals surface area (Å²) >= 11 is 0. The highest BCUT2D eigenvalue weighted by Gasteiger charge is 2.13. The highest BCUT2D eigenvalue weighted by molar-refractivity contribution is 5.90. The standard InChI is InChI=1S/C10H12N6O2/c1-2-18-10-7(11)9(13-5-14-10)16-4-3-6(15-16)8(12)17/h3-5H,2,11H2,1H3,(H2,12,17). The molecule has 18 heavy (non-hydrogen) atoms. The number of amides is 1. The van der Waals surface area contributed by atoms with Crippen LogP contribution in [-0.2, 0) is 0 Å². The van der Waals surface area contributed by atoms with E-state index in [-0.39, 0.29) is 17.3 Å². The summed E-state index contributed by atoms with van der Waals surface area (Å²) in [5, 5.41) is 3.96. The first-order valence-corrected chi connectivity index (χ1v) is 5.22. The Kier molecular flexibility index (Phi) is 3.09. The van der Waals surface area contributed by atoms with Crippen LogP contribution in [0.4, 0.5) is 5.69 Å². The molecule has 4 N–H and O–H groups in total. The van der Waals surface area contributed by atoms with Gasteiger partial charge in [0.2, 0.25) is 5.88 Å². The van der Waals surface area contributed by atoms with Gasteiger partial charge >= 0.3 is 0 Å². The van der Waals surface area contributed by atoms with Crippen LogP contribution >= 0.6 is 0 Å². The third-order valence-corrected chi connectivity index (χ3v) is 2.17. The second kappa shape index (κ2) is 4.70. The molecule has 0 spiro atoms. The Morgan fingerprint density at radius 2 is 2.28 bits per heavy atom. The van der Waals surface area contributed by atoms with E-state index in [0.717, 1.165) is 0 Å². The SMILES string of the molecule is CCOc1ncnc(-n2ccc(C(N)=O)n2)c1N. The van der Waals surface area contributed by atoms with Crippen molar-refractivity contribution < 1.29 is 9.53 Å². The molecule has 94 valence electrons. The number of ether oxygens (including phenoxy) is 1. The van der Waals surface area contributed by atoms with Gasteiger partial charge in [0.15, 0.2) is 5.82 Å². The van der Waals surface area contributed by atoms with Crippen LogP contribution in [-0.4, -0.2) is 32.3 Å². The Morgan fingerprint density at radius 1 is 1.50 bits per heavy atom. The number of nitrogen functional groups attached to an aromatic ring is 1. The molecule has 2 heterocycles. The normalized spacial score (nSPS) is 10.3. The third kappa shape index (κ3) is 2.08. The van der Waals surface area contributed by atoms with Gasteiger partial charge in [0.05, 0.1) is 6.61 Å². The van der Waals surface area contributed by atoms with Gasteiger partial charge in [-0.05, 0) is 13.0 Å². The molecule has 0 aromatic carbocycles. The lowest BCUT2D eigenvalue weighted by molar-refractivity contribution is 0.0995. The van der Waals surface area contributed by atoms with Crippen molar-refractivity contribution in [3.63, 3.8) is 0 Å². The quantitative estimate of drug-likeness (QED) is 0.768. The smallest absolute Gasteiger partial charge is 0.269 e. The zero-order chi connectivity index (χ0) is 13.1. The van der Waals surface area contributed by atoms with Crippen LogP contribution in [0.2, 0.25) is 0 Å². The van der Waals surface area contributed by atoms with Crippen molar-refractivity contribution in [1.82, 2.24) is 19.7 Å². The molecule has 2 aromatic rings. The van der Waals surface area contributed by atoms with Crippen LogP contribution in [0, 0.1) is 0 Å². The molecule has 1 amide bonds. The molecule has 8 heteroatoms. The molecular formula is C10H12N6O2. The van der Waals surface area contributed by atoms with Gasteiger partial charge in [-0.25, -0.2) is 9.67 Å². The summed E-state index contributed by atoms with van der Waals surface area (Å²) in [6, 6.07) is 1.48. The lowest BCUT2D eigenvalue weighted by atomic mass is 10.4. The van der Waals surface area contributed by atoms with Gasteiger partial charge in [0.25, 0.3) is 5.91 Å². The molecule has 2 aromatic heterocycles. The number of anilines is 1. The Bertz CT molecular complexity index is 579. The highest BCUT2D eigenvalue weighted by atomic mass is 16.5. The molecule has 0 fully saturated rings. The van der Waals surface area contributed by atoms with Crippen molar-refractivity contribution >= 4 is 11.6 Å². The van der Waals surface area contributed by atoms with E-state index in [9.17, 15) is 4.79 Å². The van der Waals surface area contributed by atoms with Crippen molar-refractivity contribution in [2.45, 2.75) is 6.92 Å². The number of carbonyl (C=O) groups excluding carboxylic acids is 1. The number of hydrogen-bond acceptors (Lipinski definition) is 6. The number of rotatable bonds is 4. The van der Waals surface area contributed by atoms with Crippen LogP contribution in [0.15, 0.2) is 18.6 Å². The van der Waals surface area contributed by atoms with Gasteiger partial charge in [-0.1, -0.05) is 0 Å². The molecule has 0 unspecified atom stereocenters. The predicted molar refractivity (Wildman–Crippen MR) is 63.3 cm³/mol. The lowest BCUT2D eigenvalue weighted by Crippen LogP contribution is -2.13. The average molecular weight is 248 g/mol. The number of hydrogen-bond donors (Lipinski definition) is 2. The first-order valence-electron chi connectivity index (χ1n) is 5.22. The van der Waals surface area contributed by atoms with E-state index in [4.69, 9.17) is 16.2 Å². The van der Waals surface area contributed by atoms with E-state index >= 15 is 0 Å². The maximum absolute atomic E-state index is 11.0. The minimum atomic E-state index is -0.619. The summed E-state index contributed by atoms with van der Waals surface area (Å²) in [5.41, 5.74) is 11.4. The maximum atomic E-state index is 11.0. The van der Waals surface area contributed by atoms with E-state index < -0.39 is 5.91 Å². The largest absolute Gasteiger partial charge is 0.476 e. The molecule has 0 atom stereocenters. The molecule has 0 saturated carbocycles. The van der Waals surface area contributed by atoms with Crippen molar-refractivity contribution in [2.75, 3.05) is 12.3 Å². The Labute approximate surface area is 103 Å². The fourth-order valence-electron chi connectivity index (χ4n) is 1.38. The van der Waals surface area contributed by atoms with Crippen molar-refractivity contribution in [3.05, 3.63) is 24.3 Å². The van der Waals surface area contributed by atoms with Crippen LogP contribution < -0.4 is 16.2 Å². The summed E-state index contributed by atoms with van der Waals surface area (Å²) in [5.74, 6) is -0.00835. The summed E-state index contributed by atoms with van der Waals surface area (Å²) in [6.07, 6.45) is 2.84. The van der Waals surface area contributed by atoms with E-state index in [1.54, 1.807) is 0 Å². The number of nitrogens with two attached hydrogens (primary N) is 2. The average Bonchev–Trinajstić information content (AvgIpc) is 2.81. The second-order valence-electron chi connectivity index (χ2n) is 3.36. The zero-order valence-electron chi connectivity index (χ0n) is 9.70. The summed E-state index contributed by atoms with van der Waals surface area (Å²) in [7, 11) is 0. The molecule has 0 aliphatic heterocycles. The minimum Gasteiger partial charge on any atom is -0.476 e. The molecule has 0 saturated heterocycles. The Hall–Kier alpha value is -2.64.